The van der Waals surface area contributed by atoms with Gasteiger partial charge in [0.1, 0.15) is 11.4 Å². The summed E-state index contributed by atoms with van der Waals surface area (Å²) in [5, 5.41) is 20.9. The zero-order chi connectivity index (χ0) is 25.7. The summed E-state index contributed by atoms with van der Waals surface area (Å²) in [6.45, 7) is 6.09. The molecule has 7 heteroatoms. The van der Waals surface area contributed by atoms with Crippen LogP contribution >= 0.6 is 0 Å². The number of piperidine rings is 1. The van der Waals surface area contributed by atoms with Crippen LogP contribution in [0.25, 0.3) is 0 Å². The summed E-state index contributed by atoms with van der Waals surface area (Å²) >= 11 is 0. The van der Waals surface area contributed by atoms with E-state index in [4.69, 9.17) is 4.74 Å². The second-order valence-corrected chi connectivity index (χ2v) is 11.4. The number of nitrogens with one attached hydrogen (secondary N) is 3. The number of fused-ring (bicyclic) bond motifs is 3. The molecule has 7 rings (SSSR count). The number of aromatic nitrogens is 1. The van der Waals surface area contributed by atoms with Gasteiger partial charge < -0.3 is 30.7 Å². The van der Waals surface area contributed by atoms with E-state index >= 15 is 0 Å². The van der Waals surface area contributed by atoms with E-state index in [1.54, 1.807) is 6.20 Å². The molecule has 198 valence electrons. The number of hydrogen-bond donors (Lipinski definition) is 4. The Labute approximate surface area is 224 Å². The quantitative estimate of drug-likeness (QED) is 0.457. The van der Waals surface area contributed by atoms with Gasteiger partial charge in [-0.3, -0.25) is 4.98 Å². The van der Waals surface area contributed by atoms with Gasteiger partial charge in [0.15, 0.2) is 0 Å². The van der Waals surface area contributed by atoms with Crippen molar-refractivity contribution >= 4 is 17.1 Å². The van der Waals surface area contributed by atoms with Crippen LogP contribution in [-0.2, 0) is 6.42 Å². The minimum atomic E-state index is -0.461. The Morgan fingerprint density at radius 2 is 2.13 bits per heavy atom. The second-order valence-electron chi connectivity index (χ2n) is 11.4. The Balaban J connectivity index is 1.14. The number of aliphatic hydroxyl groups is 1. The lowest BCUT2D eigenvalue weighted by atomic mass is 9.87. The van der Waals surface area contributed by atoms with E-state index in [1.165, 1.54) is 22.5 Å². The average molecular weight is 512 g/mol. The maximum Gasteiger partial charge on any atom is 0.145 e. The van der Waals surface area contributed by atoms with Crippen molar-refractivity contribution in [2.45, 2.75) is 57.2 Å². The Bertz CT molecular complexity index is 1340. The van der Waals surface area contributed by atoms with Crippen LogP contribution in [0.3, 0.4) is 0 Å². The van der Waals surface area contributed by atoms with Crippen molar-refractivity contribution in [3.05, 3.63) is 76.9 Å². The van der Waals surface area contributed by atoms with E-state index in [-0.39, 0.29) is 5.60 Å². The predicted molar refractivity (Wildman–Crippen MR) is 151 cm³/mol. The Kier molecular flexibility index (Phi) is 5.93. The molecule has 1 aromatic heterocycles. The van der Waals surface area contributed by atoms with Crippen molar-refractivity contribution < 1.29 is 9.84 Å². The average Bonchev–Trinajstić information content (AvgIpc) is 3.52. The van der Waals surface area contributed by atoms with Crippen LogP contribution in [0.1, 0.15) is 56.4 Å². The van der Waals surface area contributed by atoms with Crippen molar-refractivity contribution in [1.29, 1.82) is 0 Å². The van der Waals surface area contributed by atoms with E-state index < -0.39 is 6.10 Å². The molecule has 2 atom stereocenters. The summed E-state index contributed by atoms with van der Waals surface area (Å²) in [5.74, 6) is 1.46. The fraction of sp³-hybridized carbons (Fsp3) is 0.452. The van der Waals surface area contributed by atoms with Gasteiger partial charge in [-0.1, -0.05) is 12.2 Å². The lowest BCUT2D eigenvalue weighted by Crippen LogP contribution is -2.56. The highest BCUT2D eigenvalue weighted by Crippen LogP contribution is 2.44. The lowest BCUT2D eigenvalue weighted by Gasteiger charge is -2.47. The second kappa shape index (κ2) is 9.47. The van der Waals surface area contributed by atoms with Gasteiger partial charge in [0.25, 0.3) is 0 Å². The molecule has 1 fully saturated rings. The standard InChI is InChI=1S/C31H37N5O2/c1-20-3-2-4-23-21(18-34-29(20)23)10-16-36-19-31(11-14-32-15-12-31)38-28-17-22(5-7-26(28)36)35-25-9-13-33-30-24(25)6-8-27(30)37/h2-3,5,7,9,13,17-18,23,27,32,34,37H,4,6,8,10-12,14-16,19H2,1H3,(H,33,35). The SMILES string of the molecule is CC1=C2NC=C(CCN3CC4(CCNCC4)Oc4cc(Nc5ccnc6c5CCC6O)ccc43)C2CC=C1. The van der Waals surface area contributed by atoms with Crippen LogP contribution in [-0.4, -0.2) is 41.9 Å². The predicted octanol–water partition coefficient (Wildman–Crippen LogP) is 4.85. The molecule has 38 heavy (non-hydrogen) atoms. The summed E-state index contributed by atoms with van der Waals surface area (Å²) in [5.41, 5.74) is 9.22. The van der Waals surface area contributed by atoms with Gasteiger partial charge in [0, 0.05) is 60.8 Å². The maximum absolute atomic E-state index is 10.3. The third kappa shape index (κ3) is 4.18. The van der Waals surface area contributed by atoms with Gasteiger partial charge in [-0.15, -0.1) is 0 Å². The number of allylic oxidation sites excluding steroid dienone is 4. The van der Waals surface area contributed by atoms with Crippen LogP contribution < -0.4 is 25.6 Å². The lowest BCUT2D eigenvalue weighted by molar-refractivity contribution is 0.0350. The molecule has 0 radical (unpaired) electrons. The molecule has 5 aliphatic rings. The van der Waals surface area contributed by atoms with E-state index in [0.717, 1.165) is 93.1 Å². The number of hydrogen-bond acceptors (Lipinski definition) is 7. The summed E-state index contributed by atoms with van der Waals surface area (Å²) in [4.78, 5) is 6.98. The molecular formula is C31H37N5O2. The minimum absolute atomic E-state index is 0.156. The molecule has 4 heterocycles. The molecule has 0 bridgehead atoms. The molecule has 1 saturated heterocycles. The van der Waals surface area contributed by atoms with Gasteiger partial charge in [-0.25, -0.2) is 0 Å². The molecule has 0 saturated carbocycles. The summed E-state index contributed by atoms with van der Waals surface area (Å²) < 4.78 is 6.83. The molecule has 3 aliphatic heterocycles. The highest BCUT2D eigenvalue weighted by Gasteiger charge is 2.41. The number of aliphatic hydroxyl groups excluding tert-OH is 1. The normalized spacial score (nSPS) is 24.9. The van der Waals surface area contributed by atoms with Crippen molar-refractivity contribution in [2.75, 3.05) is 36.4 Å². The highest BCUT2D eigenvalue weighted by atomic mass is 16.5. The third-order valence-corrected chi connectivity index (χ3v) is 9.02. The number of pyridine rings is 1. The van der Waals surface area contributed by atoms with E-state index in [9.17, 15) is 5.11 Å². The number of ether oxygens (including phenoxy) is 1. The smallest absolute Gasteiger partial charge is 0.145 e. The fourth-order valence-electron chi connectivity index (χ4n) is 6.92. The van der Waals surface area contributed by atoms with Crippen LogP contribution in [0.5, 0.6) is 5.75 Å². The molecule has 1 spiro atoms. The van der Waals surface area contributed by atoms with Gasteiger partial charge in [0.2, 0.25) is 0 Å². The molecule has 2 unspecified atom stereocenters. The molecule has 2 aromatic rings. The van der Waals surface area contributed by atoms with Crippen molar-refractivity contribution in [1.82, 2.24) is 15.6 Å². The Morgan fingerprint density at radius 1 is 1.24 bits per heavy atom. The summed E-state index contributed by atoms with van der Waals surface area (Å²) in [7, 11) is 0. The van der Waals surface area contributed by atoms with Crippen LogP contribution in [0, 0.1) is 5.92 Å². The zero-order valence-electron chi connectivity index (χ0n) is 22.1. The number of rotatable bonds is 5. The summed E-state index contributed by atoms with van der Waals surface area (Å²) in [6, 6.07) is 8.53. The number of benzene rings is 1. The number of nitrogens with zero attached hydrogens (tertiary/aromatic N) is 2. The topological polar surface area (TPSA) is 81.7 Å². The monoisotopic (exact) mass is 511 g/mol. The molecule has 7 nitrogen and oxygen atoms in total. The first-order valence-corrected chi connectivity index (χ1v) is 14.1. The fourth-order valence-corrected chi connectivity index (χ4v) is 6.92. The van der Waals surface area contributed by atoms with Crippen LogP contribution in [0.2, 0.25) is 0 Å². The molecule has 0 amide bonds. The van der Waals surface area contributed by atoms with Gasteiger partial charge >= 0.3 is 0 Å². The first-order valence-electron chi connectivity index (χ1n) is 14.1. The van der Waals surface area contributed by atoms with Gasteiger partial charge in [-0.2, -0.15) is 0 Å². The zero-order valence-corrected chi connectivity index (χ0v) is 22.1. The van der Waals surface area contributed by atoms with E-state index in [0.29, 0.717) is 5.92 Å². The highest BCUT2D eigenvalue weighted by molar-refractivity contribution is 5.72. The van der Waals surface area contributed by atoms with Gasteiger partial charge in [0.05, 0.1) is 24.0 Å². The molecule has 2 aliphatic carbocycles. The first-order chi connectivity index (χ1) is 18.6. The molecule has 1 aromatic carbocycles. The van der Waals surface area contributed by atoms with E-state index in [2.05, 4.69) is 69.3 Å². The van der Waals surface area contributed by atoms with Crippen LogP contribution in [0.15, 0.2) is 65.7 Å². The number of anilines is 3. The Morgan fingerprint density at radius 3 is 3.03 bits per heavy atom. The first kappa shape index (κ1) is 23.8. The Hall–Kier alpha value is -3.29. The maximum atomic E-state index is 10.3. The van der Waals surface area contributed by atoms with Crippen molar-refractivity contribution in [2.24, 2.45) is 5.92 Å². The minimum Gasteiger partial charge on any atom is -0.483 e. The summed E-state index contributed by atoms with van der Waals surface area (Å²) in [6.07, 6.45) is 13.9. The molecule has 4 N–H and O–H groups in total. The third-order valence-electron chi connectivity index (χ3n) is 9.02. The van der Waals surface area contributed by atoms with Crippen molar-refractivity contribution in [3.8, 4) is 5.75 Å². The van der Waals surface area contributed by atoms with E-state index in [1.807, 2.05) is 6.07 Å². The molecular weight excluding hydrogens is 474 g/mol. The van der Waals surface area contributed by atoms with Crippen LogP contribution in [0.4, 0.5) is 17.1 Å². The van der Waals surface area contributed by atoms with Gasteiger partial charge in [-0.05, 0) is 80.6 Å². The van der Waals surface area contributed by atoms with Crippen molar-refractivity contribution in [3.63, 3.8) is 0 Å². The largest absolute Gasteiger partial charge is 0.483 e.